The molecule has 1 aromatic rings. The average Bonchev–Trinajstić information content (AvgIpc) is 2.80. The third-order valence-electron chi connectivity index (χ3n) is 4.29. The first-order valence-corrected chi connectivity index (χ1v) is 7.84. The Morgan fingerprint density at radius 1 is 1.43 bits per heavy atom. The van der Waals surface area contributed by atoms with E-state index in [1.54, 1.807) is 9.58 Å². The molecule has 1 fully saturated rings. The zero-order valence-electron chi connectivity index (χ0n) is 13.0. The fourth-order valence-electron chi connectivity index (χ4n) is 3.14. The molecule has 1 aliphatic carbocycles. The van der Waals surface area contributed by atoms with Gasteiger partial charge in [-0.1, -0.05) is 19.3 Å². The van der Waals surface area contributed by atoms with Gasteiger partial charge in [0.15, 0.2) is 0 Å². The van der Waals surface area contributed by atoms with Crippen molar-refractivity contribution in [1.82, 2.24) is 14.7 Å². The number of rotatable bonds is 5. The molecule has 0 saturated heterocycles. The van der Waals surface area contributed by atoms with Gasteiger partial charge in [0.05, 0.1) is 18.0 Å². The number of hydrogen-bond donors (Lipinski definition) is 2. The standard InChI is InChI=1S/C15H26N4O2/c1-3-19-14(13(16)11(2)17-19)15(21)18(9-10-20)12-7-5-4-6-8-12/h12,20H,3-10,16H2,1-2H3. The van der Waals surface area contributed by atoms with Crippen molar-refractivity contribution in [3.05, 3.63) is 11.4 Å². The second kappa shape index (κ2) is 6.93. The molecule has 0 spiro atoms. The van der Waals surface area contributed by atoms with E-state index in [9.17, 15) is 9.90 Å². The number of aliphatic hydroxyl groups excluding tert-OH is 1. The molecule has 2 rings (SSSR count). The molecular weight excluding hydrogens is 268 g/mol. The lowest BCUT2D eigenvalue weighted by atomic mass is 9.94. The molecule has 3 N–H and O–H groups in total. The minimum Gasteiger partial charge on any atom is -0.395 e. The molecule has 6 nitrogen and oxygen atoms in total. The van der Waals surface area contributed by atoms with Crippen molar-refractivity contribution < 1.29 is 9.90 Å². The normalized spacial score (nSPS) is 16.1. The molecule has 21 heavy (non-hydrogen) atoms. The average molecular weight is 294 g/mol. The number of amides is 1. The quantitative estimate of drug-likeness (QED) is 0.863. The summed E-state index contributed by atoms with van der Waals surface area (Å²) in [6.07, 6.45) is 5.52. The van der Waals surface area contributed by atoms with Crippen molar-refractivity contribution >= 4 is 11.6 Å². The Morgan fingerprint density at radius 3 is 2.67 bits per heavy atom. The number of hydrogen-bond acceptors (Lipinski definition) is 4. The molecule has 0 radical (unpaired) electrons. The van der Waals surface area contributed by atoms with E-state index in [2.05, 4.69) is 5.10 Å². The third-order valence-corrected chi connectivity index (χ3v) is 4.29. The second-order valence-electron chi connectivity index (χ2n) is 5.68. The molecule has 1 amide bonds. The van der Waals surface area contributed by atoms with Crippen LogP contribution in [0.15, 0.2) is 0 Å². The SMILES string of the molecule is CCn1nc(C)c(N)c1C(=O)N(CCO)C1CCCCC1. The van der Waals surface area contributed by atoms with Crippen LogP contribution in [0.25, 0.3) is 0 Å². The monoisotopic (exact) mass is 294 g/mol. The summed E-state index contributed by atoms with van der Waals surface area (Å²) in [7, 11) is 0. The minimum atomic E-state index is -0.101. The van der Waals surface area contributed by atoms with Crippen LogP contribution < -0.4 is 5.73 Å². The van der Waals surface area contributed by atoms with Crippen LogP contribution >= 0.6 is 0 Å². The highest BCUT2D eigenvalue weighted by Crippen LogP contribution is 2.26. The highest BCUT2D eigenvalue weighted by molar-refractivity contribution is 5.98. The lowest BCUT2D eigenvalue weighted by Crippen LogP contribution is -2.44. The first-order chi connectivity index (χ1) is 10.1. The molecular formula is C15H26N4O2. The molecule has 1 saturated carbocycles. The van der Waals surface area contributed by atoms with E-state index in [0.29, 0.717) is 30.2 Å². The van der Waals surface area contributed by atoms with Gasteiger partial charge in [-0.2, -0.15) is 5.10 Å². The summed E-state index contributed by atoms with van der Waals surface area (Å²) < 4.78 is 1.67. The molecule has 0 atom stereocenters. The Morgan fingerprint density at radius 2 is 2.10 bits per heavy atom. The zero-order chi connectivity index (χ0) is 15.4. The largest absolute Gasteiger partial charge is 0.395 e. The smallest absolute Gasteiger partial charge is 0.274 e. The Bertz CT molecular complexity index is 492. The molecule has 1 aromatic heterocycles. The molecule has 1 heterocycles. The van der Waals surface area contributed by atoms with Gasteiger partial charge >= 0.3 is 0 Å². The van der Waals surface area contributed by atoms with Gasteiger partial charge in [0.1, 0.15) is 5.69 Å². The maximum absolute atomic E-state index is 12.9. The van der Waals surface area contributed by atoms with E-state index in [-0.39, 0.29) is 18.6 Å². The van der Waals surface area contributed by atoms with Gasteiger partial charge in [-0.05, 0) is 26.7 Å². The molecule has 0 aliphatic heterocycles. The second-order valence-corrected chi connectivity index (χ2v) is 5.68. The molecule has 0 unspecified atom stereocenters. The van der Waals surface area contributed by atoms with E-state index < -0.39 is 0 Å². The van der Waals surface area contributed by atoms with E-state index in [1.165, 1.54) is 6.42 Å². The highest BCUT2D eigenvalue weighted by atomic mass is 16.3. The summed E-state index contributed by atoms with van der Waals surface area (Å²) in [5, 5.41) is 13.6. The van der Waals surface area contributed by atoms with Gasteiger partial charge in [0.2, 0.25) is 0 Å². The summed E-state index contributed by atoms with van der Waals surface area (Å²) in [4.78, 5) is 14.7. The van der Waals surface area contributed by atoms with Gasteiger partial charge in [0, 0.05) is 19.1 Å². The van der Waals surface area contributed by atoms with Crippen molar-refractivity contribution in [2.75, 3.05) is 18.9 Å². The molecule has 0 aromatic carbocycles. The number of carbonyl (C=O) groups is 1. The number of nitrogens with zero attached hydrogens (tertiary/aromatic N) is 3. The first-order valence-electron chi connectivity index (χ1n) is 7.84. The van der Waals surface area contributed by atoms with Crippen molar-refractivity contribution in [2.24, 2.45) is 0 Å². The van der Waals surface area contributed by atoms with E-state index in [4.69, 9.17) is 5.73 Å². The number of aliphatic hydroxyl groups is 1. The summed E-state index contributed by atoms with van der Waals surface area (Å²) in [5.74, 6) is -0.101. The van der Waals surface area contributed by atoms with E-state index in [0.717, 1.165) is 25.7 Å². The Kier molecular flexibility index (Phi) is 5.22. The minimum absolute atomic E-state index is 0.0264. The maximum atomic E-state index is 12.9. The molecule has 6 heteroatoms. The number of aromatic nitrogens is 2. The van der Waals surface area contributed by atoms with Crippen molar-refractivity contribution in [1.29, 1.82) is 0 Å². The van der Waals surface area contributed by atoms with Gasteiger partial charge < -0.3 is 15.7 Å². The zero-order valence-corrected chi connectivity index (χ0v) is 13.0. The number of carbonyl (C=O) groups excluding carboxylic acids is 1. The summed E-state index contributed by atoms with van der Waals surface area (Å²) >= 11 is 0. The Hall–Kier alpha value is -1.56. The highest BCUT2D eigenvalue weighted by Gasteiger charge is 2.30. The van der Waals surface area contributed by atoms with Crippen LogP contribution in [0.2, 0.25) is 0 Å². The van der Waals surface area contributed by atoms with Crippen LogP contribution in [0.4, 0.5) is 5.69 Å². The summed E-state index contributed by atoms with van der Waals surface area (Å²) in [6, 6.07) is 0.207. The molecule has 118 valence electrons. The predicted molar refractivity (Wildman–Crippen MR) is 82.0 cm³/mol. The predicted octanol–water partition coefficient (Wildman–Crippen LogP) is 1.56. The summed E-state index contributed by atoms with van der Waals surface area (Å²) in [6.45, 7) is 4.70. The number of anilines is 1. The van der Waals surface area contributed by atoms with Crippen LogP contribution in [0.3, 0.4) is 0 Å². The first kappa shape index (κ1) is 15.8. The van der Waals surface area contributed by atoms with E-state index in [1.807, 2.05) is 13.8 Å². The van der Waals surface area contributed by atoms with E-state index >= 15 is 0 Å². The van der Waals surface area contributed by atoms with Crippen LogP contribution in [0.1, 0.15) is 55.2 Å². The van der Waals surface area contributed by atoms with Crippen LogP contribution in [-0.2, 0) is 6.54 Å². The third kappa shape index (κ3) is 3.20. The lowest BCUT2D eigenvalue weighted by Gasteiger charge is -2.34. The van der Waals surface area contributed by atoms with Crippen molar-refractivity contribution in [3.8, 4) is 0 Å². The Balaban J connectivity index is 2.29. The summed E-state index contributed by atoms with van der Waals surface area (Å²) in [5.41, 5.74) is 7.66. The number of nitrogen functional groups attached to an aromatic ring is 1. The van der Waals surface area contributed by atoms with Crippen molar-refractivity contribution in [2.45, 2.75) is 58.5 Å². The fourth-order valence-corrected chi connectivity index (χ4v) is 3.14. The van der Waals surface area contributed by atoms with Crippen LogP contribution in [-0.4, -0.2) is 44.9 Å². The number of nitrogens with two attached hydrogens (primary N) is 1. The molecule has 0 bridgehead atoms. The van der Waals surface area contributed by atoms with Gasteiger partial charge in [-0.15, -0.1) is 0 Å². The Labute approximate surface area is 125 Å². The lowest BCUT2D eigenvalue weighted by molar-refractivity contribution is 0.0574. The topological polar surface area (TPSA) is 84.4 Å². The van der Waals surface area contributed by atoms with Gasteiger partial charge in [-0.3, -0.25) is 9.48 Å². The fraction of sp³-hybridized carbons (Fsp3) is 0.733. The number of aryl methyl sites for hydroxylation is 2. The van der Waals surface area contributed by atoms with Crippen LogP contribution in [0, 0.1) is 6.92 Å². The van der Waals surface area contributed by atoms with Gasteiger partial charge in [-0.25, -0.2) is 0 Å². The van der Waals surface area contributed by atoms with Crippen LogP contribution in [0.5, 0.6) is 0 Å². The van der Waals surface area contributed by atoms with Gasteiger partial charge in [0.25, 0.3) is 5.91 Å². The maximum Gasteiger partial charge on any atom is 0.274 e. The molecule has 1 aliphatic rings. The van der Waals surface area contributed by atoms with Crippen molar-refractivity contribution in [3.63, 3.8) is 0 Å².